The standard InChI is InChI=1S/C13H18ClN3O2/c1-10-8-11(9-12(14)15-10)13(19)17-4-2-16(3-5-17)6-7-18/h8-9,18H,2-7H2,1H3. The number of aliphatic hydroxyl groups excluding tert-OH is 1. The quantitative estimate of drug-likeness (QED) is 0.834. The first kappa shape index (κ1) is 14.2. The van der Waals surface area contributed by atoms with Crippen LogP contribution in [-0.2, 0) is 0 Å². The molecule has 0 aromatic carbocycles. The van der Waals surface area contributed by atoms with Crippen LogP contribution < -0.4 is 0 Å². The summed E-state index contributed by atoms with van der Waals surface area (Å²) in [5.41, 5.74) is 1.34. The van der Waals surface area contributed by atoms with E-state index in [4.69, 9.17) is 16.7 Å². The number of aromatic nitrogens is 1. The SMILES string of the molecule is Cc1cc(C(=O)N2CCN(CCO)CC2)cc(Cl)n1. The van der Waals surface area contributed by atoms with Gasteiger partial charge in [0.05, 0.1) is 6.61 Å². The second-order valence-corrected chi connectivity index (χ2v) is 5.06. The number of aliphatic hydroxyl groups is 1. The van der Waals surface area contributed by atoms with E-state index in [0.29, 0.717) is 30.4 Å². The third kappa shape index (κ3) is 3.65. The molecule has 1 fully saturated rings. The van der Waals surface area contributed by atoms with Gasteiger partial charge in [0.2, 0.25) is 0 Å². The van der Waals surface area contributed by atoms with Crippen LogP contribution in [0.2, 0.25) is 5.15 Å². The van der Waals surface area contributed by atoms with Crippen molar-refractivity contribution in [1.82, 2.24) is 14.8 Å². The summed E-state index contributed by atoms with van der Waals surface area (Å²) in [4.78, 5) is 20.4. The number of hydrogen-bond acceptors (Lipinski definition) is 4. The summed E-state index contributed by atoms with van der Waals surface area (Å²) < 4.78 is 0. The van der Waals surface area contributed by atoms with Gasteiger partial charge in [-0.15, -0.1) is 0 Å². The summed E-state index contributed by atoms with van der Waals surface area (Å²) in [7, 11) is 0. The second kappa shape index (κ2) is 6.32. The van der Waals surface area contributed by atoms with Gasteiger partial charge in [-0.25, -0.2) is 4.98 Å². The van der Waals surface area contributed by atoms with Gasteiger partial charge in [0, 0.05) is 44.0 Å². The number of carbonyl (C=O) groups excluding carboxylic acids is 1. The van der Waals surface area contributed by atoms with E-state index in [-0.39, 0.29) is 12.5 Å². The maximum Gasteiger partial charge on any atom is 0.254 e. The van der Waals surface area contributed by atoms with Crippen molar-refractivity contribution in [2.45, 2.75) is 6.92 Å². The highest BCUT2D eigenvalue weighted by Gasteiger charge is 2.22. The van der Waals surface area contributed by atoms with Crippen molar-refractivity contribution in [1.29, 1.82) is 0 Å². The Kier molecular flexibility index (Phi) is 4.74. The number of hydrogen-bond donors (Lipinski definition) is 1. The number of rotatable bonds is 3. The molecule has 0 aliphatic carbocycles. The van der Waals surface area contributed by atoms with Gasteiger partial charge in [0.15, 0.2) is 0 Å². The summed E-state index contributed by atoms with van der Waals surface area (Å²) in [6, 6.07) is 3.37. The smallest absolute Gasteiger partial charge is 0.254 e. The van der Waals surface area contributed by atoms with Gasteiger partial charge in [-0.2, -0.15) is 0 Å². The largest absolute Gasteiger partial charge is 0.395 e. The lowest BCUT2D eigenvalue weighted by Crippen LogP contribution is -2.49. The highest BCUT2D eigenvalue weighted by atomic mass is 35.5. The van der Waals surface area contributed by atoms with Gasteiger partial charge in [0.1, 0.15) is 5.15 Å². The lowest BCUT2D eigenvalue weighted by atomic mass is 10.2. The summed E-state index contributed by atoms with van der Waals surface area (Å²) in [5, 5.41) is 9.24. The van der Waals surface area contributed by atoms with Crippen molar-refractivity contribution in [2.75, 3.05) is 39.3 Å². The molecule has 2 rings (SSSR count). The molecular weight excluding hydrogens is 266 g/mol. The van der Waals surface area contributed by atoms with E-state index in [1.807, 2.05) is 11.8 Å². The fourth-order valence-corrected chi connectivity index (χ4v) is 2.50. The van der Waals surface area contributed by atoms with Gasteiger partial charge >= 0.3 is 0 Å². The summed E-state index contributed by atoms with van der Waals surface area (Å²) >= 11 is 5.88. The van der Waals surface area contributed by atoms with Crippen LogP contribution >= 0.6 is 11.6 Å². The number of nitrogens with zero attached hydrogens (tertiary/aromatic N) is 3. The first-order valence-electron chi connectivity index (χ1n) is 6.37. The first-order chi connectivity index (χ1) is 9.10. The molecular formula is C13H18ClN3O2. The van der Waals surface area contributed by atoms with E-state index in [1.54, 1.807) is 12.1 Å². The summed E-state index contributed by atoms with van der Waals surface area (Å²) in [5.74, 6) is -0.00366. The minimum Gasteiger partial charge on any atom is -0.395 e. The summed E-state index contributed by atoms with van der Waals surface area (Å²) in [6.45, 7) is 5.60. The second-order valence-electron chi connectivity index (χ2n) is 4.68. The lowest BCUT2D eigenvalue weighted by Gasteiger charge is -2.34. The molecule has 1 aliphatic heterocycles. The molecule has 0 spiro atoms. The van der Waals surface area contributed by atoms with Gasteiger partial charge in [0.25, 0.3) is 5.91 Å². The molecule has 6 heteroatoms. The number of amides is 1. The molecule has 0 radical (unpaired) electrons. The minimum atomic E-state index is -0.00366. The van der Waals surface area contributed by atoms with Crippen molar-refractivity contribution >= 4 is 17.5 Å². The summed E-state index contributed by atoms with van der Waals surface area (Å²) in [6.07, 6.45) is 0. The highest BCUT2D eigenvalue weighted by molar-refractivity contribution is 6.29. The van der Waals surface area contributed by atoms with Crippen LogP contribution in [0.1, 0.15) is 16.1 Å². The Morgan fingerprint density at radius 3 is 2.63 bits per heavy atom. The fourth-order valence-electron chi connectivity index (χ4n) is 2.25. The Morgan fingerprint density at radius 2 is 2.05 bits per heavy atom. The molecule has 1 amide bonds. The maximum atomic E-state index is 12.3. The number of pyridine rings is 1. The first-order valence-corrected chi connectivity index (χ1v) is 6.74. The van der Waals surface area contributed by atoms with Crippen LogP contribution in [-0.4, -0.2) is 65.1 Å². The van der Waals surface area contributed by atoms with E-state index in [1.165, 1.54) is 0 Å². The molecule has 0 atom stereocenters. The van der Waals surface area contributed by atoms with E-state index in [0.717, 1.165) is 18.8 Å². The van der Waals surface area contributed by atoms with Crippen molar-refractivity contribution in [3.8, 4) is 0 Å². The van der Waals surface area contributed by atoms with Crippen LogP contribution in [0.25, 0.3) is 0 Å². The van der Waals surface area contributed by atoms with Crippen molar-refractivity contribution < 1.29 is 9.90 Å². The van der Waals surface area contributed by atoms with Gasteiger partial charge in [-0.1, -0.05) is 11.6 Å². The molecule has 2 heterocycles. The van der Waals surface area contributed by atoms with Crippen LogP contribution in [0.15, 0.2) is 12.1 Å². The zero-order valence-corrected chi connectivity index (χ0v) is 11.7. The van der Waals surface area contributed by atoms with E-state index < -0.39 is 0 Å². The Morgan fingerprint density at radius 1 is 1.37 bits per heavy atom. The molecule has 19 heavy (non-hydrogen) atoms. The third-order valence-corrected chi connectivity index (χ3v) is 3.44. The van der Waals surface area contributed by atoms with E-state index >= 15 is 0 Å². The normalized spacial score (nSPS) is 16.7. The average molecular weight is 284 g/mol. The number of piperazine rings is 1. The highest BCUT2D eigenvalue weighted by Crippen LogP contribution is 2.14. The number of carbonyl (C=O) groups is 1. The number of halogens is 1. The molecule has 104 valence electrons. The van der Waals surface area contributed by atoms with Gasteiger partial charge in [-0.3, -0.25) is 9.69 Å². The molecule has 1 saturated heterocycles. The van der Waals surface area contributed by atoms with Crippen LogP contribution in [0.4, 0.5) is 0 Å². The maximum absolute atomic E-state index is 12.3. The predicted molar refractivity (Wildman–Crippen MR) is 73.4 cm³/mol. The number of aryl methyl sites for hydroxylation is 1. The van der Waals surface area contributed by atoms with Crippen LogP contribution in [0, 0.1) is 6.92 Å². The zero-order chi connectivity index (χ0) is 13.8. The molecule has 1 N–H and O–H groups in total. The van der Waals surface area contributed by atoms with Crippen LogP contribution in [0.5, 0.6) is 0 Å². The van der Waals surface area contributed by atoms with Crippen LogP contribution in [0.3, 0.4) is 0 Å². The Labute approximate surface area is 117 Å². The number of β-amino-alcohol motifs (C(OH)–C–C–N with tert-alkyl or cyclic N) is 1. The molecule has 1 aromatic heterocycles. The molecule has 0 unspecified atom stereocenters. The van der Waals surface area contributed by atoms with Gasteiger partial charge < -0.3 is 10.0 Å². The molecule has 1 aliphatic rings. The Balaban J connectivity index is 2.01. The predicted octanol–water partition coefficient (Wildman–Crippen LogP) is 0.794. The topological polar surface area (TPSA) is 56.7 Å². The van der Waals surface area contributed by atoms with Crippen molar-refractivity contribution in [3.63, 3.8) is 0 Å². The Bertz CT molecular complexity index is 439. The minimum absolute atomic E-state index is 0.00366. The third-order valence-electron chi connectivity index (χ3n) is 3.24. The Hall–Kier alpha value is -1.17. The lowest BCUT2D eigenvalue weighted by molar-refractivity contribution is 0.0615. The van der Waals surface area contributed by atoms with E-state index in [9.17, 15) is 4.79 Å². The van der Waals surface area contributed by atoms with Gasteiger partial charge in [-0.05, 0) is 19.1 Å². The monoisotopic (exact) mass is 283 g/mol. The van der Waals surface area contributed by atoms with Crippen molar-refractivity contribution in [2.24, 2.45) is 0 Å². The fraction of sp³-hybridized carbons (Fsp3) is 0.538. The molecule has 0 saturated carbocycles. The zero-order valence-electron chi connectivity index (χ0n) is 11.0. The molecule has 0 bridgehead atoms. The van der Waals surface area contributed by atoms with E-state index in [2.05, 4.69) is 9.88 Å². The average Bonchev–Trinajstić information content (AvgIpc) is 2.38. The molecule has 1 aromatic rings. The molecule has 5 nitrogen and oxygen atoms in total. The van der Waals surface area contributed by atoms with Crippen molar-refractivity contribution in [3.05, 3.63) is 28.5 Å².